The predicted molar refractivity (Wildman–Crippen MR) is 289 cm³/mol. The summed E-state index contributed by atoms with van der Waals surface area (Å²) >= 11 is 0. The van der Waals surface area contributed by atoms with E-state index in [1.54, 1.807) is 6.08 Å². The smallest absolute Gasteiger partial charge is 0.393 e. The third-order valence-electron chi connectivity index (χ3n) is 13.6. The Morgan fingerprint density at radius 1 is 0.493 bits per heavy atom. The van der Waals surface area contributed by atoms with Gasteiger partial charge in [0.15, 0.2) is 0 Å². The van der Waals surface area contributed by atoms with Crippen molar-refractivity contribution in [1.82, 2.24) is 5.32 Å². The van der Waals surface area contributed by atoms with Gasteiger partial charge < -0.3 is 46.0 Å². The monoisotopic (exact) mass is 1030 g/mol. The molecule has 416 valence electrons. The summed E-state index contributed by atoms with van der Waals surface area (Å²) in [5, 5.41) is 74.8. The van der Waals surface area contributed by atoms with Gasteiger partial charge in [-0.15, -0.1) is 0 Å². The third kappa shape index (κ3) is 36.8. The highest BCUT2D eigenvalue weighted by Crippen LogP contribution is 2.47. The Labute approximate surface area is 431 Å². The molecule has 0 aromatic rings. The summed E-state index contributed by atoms with van der Waals surface area (Å²) in [5.41, 5.74) is 0. The van der Waals surface area contributed by atoms with Crippen molar-refractivity contribution >= 4 is 13.7 Å². The number of hydrogen-bond donors (Lipinski definition) is 9. The molecule has 9 N–H and O–H groups in total. The van der Waals surface area contributed by atoms with E-state index in [-0.39, 0.29) is 6.42 Å². The third-order valence-corrected chi connectivity index (χ3v) is 14.6. The van der Waals surface area contributed by atoms with Crippen LogP contribution >= 0.6 is 7.82 Å². The van der Waals surface area contributed by atoms with Crippen molar-refractivity contribution in [3.63, 3.8) is 0 Å². The van der Waals surface area contributed by atoms with Gasteiger partial charge in [0.2, 0.25) is 5.91 Å². The lowest BCUT2D eigenvalue weighted by molar-refractivity contribution is -0.220. The van der Waals surface area contributed by atoms with Gasteiger partial charge >= 0.3 is 7.82 Å². The molecule has 14 heteroatoms. The number of aliphatic hydroxyl groups excluding tert-OH is 7. The van der Waals surface area contributed by atoms with Gasteiger partial charge in [0, 0.05) is 0 Å². The molecule has 0 bridgehead atoms. The molecule has 8 unspecified atom stereocenters. The molecular weight excluding hydrogens is 922 g/mol. The van der Waals surface area contributed by atoms with Gasteiger partial charge in [0.05, 0.1) is 31.3 Å². The molecule has 1 aliphatic rings. The average Bonchev–Trinajstić information content (AvgIpc) is 3.35. The summed E-state index contributed by atoms with van der Waals surface area (Å²) in [4.78, 5) is 23.6. The Kier molecular flexibility index (Phi) is 43.2. The molecule has 1 fully saturated rings. The summed E-state index contributed by atoms with van der Waals surface area (Å²) in [6, 6.07) is -1.27. The van der Waals surface area contributed by atoms with Gasteiger partial charge in [-0.2, -0.15) is 0 Å². The van der Waals surface area contributed by atoms with Gasteiger partial charge in [-0.1, -0.05) is 217 Å². The maximum absolute atomic E-state index is 13.1. The Morgan fingerprint density at radius 3 is 1.24 bits per heavy atom. The normalized spacial score (nSPS) is 22.0. The van der Waals surface area contributed by atoms with Crippen molar-refractivity contribution in [1.29, 1.82) is 0 Å². The highest BCUT2D eigenvalue weighted by atomic mass is 31.2. The molecular formula is C57H106NO12P. The summed E-state index contributed by atoms with van der Waals surface area (Å²) in [6.45, 7) is 3.76. The van der Waals surface area contributed by atoms with Crippen LogP contribution in [0.5, 0.6) is 0 Å². The zero-order valence-corrected chi connectivity index (χ0v) is 45.5. The van der Waals surface area contributed by atoms with Crippen LogP contribution in [0.15, 0.2) is 48.6 Å². The van der Waals surface area contributed by atoms with Crippen molar-refractivity contribution in [3.8, 4) is 0 Å². The highest BCUT2D eigenvalue weighted by molar-refractivity contribution is 7.47. The van der Waals surface area contributed by atoms with Gasteiger partial charge in [-0.25, -0.2) is 4.57 Å². The van der Waals surface area contributed by atoms with Crippen LogP contribution in [0.3, 0.4) is 0 Å². The molecule has 0 spiro atoms. The molecule has 0 aliphatic heterocycles. The maximum Gasteiger partial charge on any atom is 0.472 e. The number of amides is 1. The SMILES string of the molecule is CCCCCCCCCCCCC/C=C\CCCCCCCC(O)CC(=O)NC(COP(=O)(O)OC1C(O)C(O)C(O)C(O)C1O)C(O)/C=C/CC/C=C/CC/C=C/CCCCCCCCCCCCC. The van der Waals surface area contributed by atoms with E-state index in [0.29, 0.717) is 19.3 Å². The lowest BCUT2D eigenvalue weighted by atomic mass is 9.85. The van der Waals surface area contributed by atoms with Crippen LogP contribution < -0.4 is 5.32 Å². The molecule has 0 saturated heterocycles. The van der Waals surface area contributed by atoms with Crippen LogP contribution in [0.1, 0.15) is 245 Å². The molecule has 0 heterocycles. The first-order chi connectivity index (χ1) is 34.3. The van der Waals surface area contributed by atoms with Gasteiger partial charge in [0.1, 0.15) is 36.6 Å². The van der Waals surface area contributed by atoms with Crippen molar-refractivity contribution in [3.05, 3.63) is 48.6 Å². The fraction of sp³-hybridized carbons (Fsp3) is 0.842. The zero-order chi connectivity index (χ0) is 52.2. The molecule has 1 saturated carbocycles. The van der Waals surface area contributed by atoms with E-state index in [0.717, 1.165) is 64.2 Å². The number of allylic oxidation sites excluding steroid dienone is 7. The maximum atomic E-state index is 13.1. The number of aliphatic hydroxyl groups is 7. The Bertz CT molecular complexity index is 1400. The minimum Gasteiger partial charge on any atom is -0.393 e. The number of rotatable bonds is 48. The van der Waals surface area contributed by atoms with Crippen LogP contribution in [0.25, 0.3) is 0 Å². The van der Waals surface area contributed by atoms with Gasteiger partial charge in [-0.05, 0) is 70.6 Å². The second-order valence-corrected chi connectivity index (χ2v) is 21.7. The fourth-order valence-corrected chi connectivity index (χ4v) is 9.94. The number of hydrogen-bond acceptors (Lipinski definition) is 11. The molecule has 0 aromatic heterocycles. The molecule has 71 heavy (non-hydrogen) atoms. The number of phosphoric acid groups is 1. The van der Waals surface area contributed by atoms with E-state index >= 15 is 0 Å². The second kappa shape index (κ2) is 45.6. The van der Waals surface area contributed by atoms with Crippen LogP contribution in [-0.4, -0.2) is 108 Å². The standard InChI is InChI=1S/C57H106NO12P/c1-3-5-7-9-11-13-15-17-19-21-23-25-27-29-31-33-35-37-39-41-43-45-50(60)49(47-69-71(67,68)70-57-55(65)53(63)52(62)54(64)56(57)66)58-51(61)46-48(59)44-42-40-38-36-34-32-30-28-26-24-22-20-18-16-14-12-10-8-6-4-2/h27-30,35,37,43,45,48-50,52-57,59-60,62-66H,3-26,31-34,36,38-42,44,46-47H2,1-2H3,(H,58,61)(H,67,68)/b29-27+,30-28-,37-35+,45-43+. The molecule has 1 aliphatic carbocycles. The number of carbonyl (C=O) groups is 1. The number of carbonyl (C=O) groups excluding carboxylic acids is 1. The molecule has 8 atom stereocenters. The quantitative estimate of drug-likeness (QED) is 0.0158. The summed E-state index contributed by atoms with van der Waals surface area (Å²) in [7, 11) is -5.16. The van der Waals surface area contributed by atoms with Crippen molar-refractivity contribution in [2.45, 2.75) is 300 Å². The lowest BCUT2D eigenvalue weighted by Crippen LogP contribution is -2.64. The number of unbranched alkanes of at least 4 members (excludes halogenated alkanes) is 29. The predicted octanol–water partition coefficient (Wildman–Crippen LogP) is 11.8. The highest BCUT2D eigenvalue weighted by Gasteiger charge is 2.51. The first kappa shape index (κ1) is 67.3. The van der Waals surface area contributed by atoms with Crippen molar-refractivity contribution in [2.75, 3.05) is 6.61 Å². The summed E-state index contributed by atoms with van der Waals surface area (Å²) in [6.07, 6.45) is 43.4. The van der Waals surface area contributed by atoms with Crippen molar-refractivity contribution < 1.29 is 59.0 Å². The van der Waals surface area contributed by atoms with E-state index < -0.39 is 75.2 Å². The summed E-state index contributed by atoms with van der Waals surface area (Å²) < 4.78 is 23.0. The van der Waals surface area contributed by atoms with E-state index in [2.05, 4.69) is 55.6 Å². The minimum absolute atomic E-state index is 0.262. The average molecular weight is 1030 g/mol. The molecule has 0 radical (unpaired) electrons. The van der Waals surface area contributed by atoms with Gasteiger partial charge in [0.25, 0.3) is 0 Å². The van der Waals surface area contributed by atoms with Crippen LogP contribution in [0, 0.1) is 0 Å². The first-order valence-corrected chi connectivity index (χ1v) is 30.2. The van der Waals surface area contributed by atoms with E-state index in [1.165, 1.54) is 147 Å². The Hall–Kier alpha value is -1.74. The zero-order valence-electron chi connectivity index (χ0n) is 44.6. The van der Waals surface area contributed by atoms with Crippen LogP contribution in [0.2, 0.25) is 0 Å². The fourth-order valence-electron chi connectivity index (χ4n) is 8.97. The molecule has 1 rings (SSSR count). The first-order valence-electron chi connectivity index (χ1n) is 28.7. The minimum atomic E-state index is -5.16. The van der Waals surface area contributed by atoms with Crippen molar-refractivity contribution in [2.24, 2.45) is 0 Å². The Balaban J connectivity index is 2.47. The van der Waals surface area contributed by atoms with Gasteiger partial charge in [-0.3, -0.25) is 13.8 Å². The topological polar surface area (TPSA) is 226 Å². The second-order valence-electron chi connectivity index (χ2n) is 20.3. The molecule has 13 nitrogen and oxygen atoms in total. The number of phosphoric ester groups is 1. The van der Waals surface area contributed by atoms with Crippen LogP contribution in [-0.2, 0) is 18.4 Å². The molecule has 1 amide bonds. The van der Waals surface area contributed by atoms with E-state index in [9.17, 15) is 50.0 Å². The summed E-state index contributed by atoms with van der Waals surface area (Å²) in [5.74, 6) is -0.610. The van der Waals surface area contributed by atoms with Crippen LogP contribution in [0.4, 0.5) is 0 Å². The molecule has 0 aromatic carbocycles. The lowest BCUT2D eigenvalue weighted by Gasteiger charge is -2.41. The van der Waals surface area contributed by atoms with E-state index in [1.807, 2.05) is 0 Å². The van der Waals surface area contributed by atoms with E-state index in [4.69, 9.17) is 9.05 Å². The number of nitrogens with one attached hydrogen (secondary N) is 1. The largest absolute Gasteiger partial charge is 0.472 e. The Morgan fingerprint density at radius 2 is 0.831 bits per heavy atom.